The molecule has 0 aliphatic carbocycles. The Bertz CT molecular complexity index is 1200. The molecule has 35 heavy (non-hydrogen) atoms. The standard InChI is InChI=1S/C24H26Cl2N4O5/c1-33-21(31)8-12-35-11-7-15-3-6-18(24(32)34-2)30(15)20-13-19(29-10-9-27-14-29)16-4-5-17(25)22(26)23(16)28-20/h4-5,9-10,13-15,18H,3,6-8,11-12H2,1-2H3/t15?,18-/m0/s1. The van der Waals surface area contributed by atoms with Crippen LogP contribution >= 0.6 is 23.2 Å². The largest absolute Gasteiger partial charge is 0.469 e. The molecule has 9 nitrogen and oxygen atoms in total. The highest BCUT2D eigenvalue weighted by atomic mass is 35.5. The van der Waals surface area contributed by atoms with Gasteiger partial charge in [0.25, 0.3) is 0 Å². The van der Waals surface area contributed by atoms with E-state index in [1.165, 1.54) is 14.2 Å². The van der Waals surface area contributed by atoms with Crippen LogP contribution < -0.4 is 4.90 Å². The van der Waals surface area contributed by atoms with E-state index < -0.39 is 6.04 Å². The summed E-state index contributed by atoms with van der Waals surface area (Å²) in [6, 6.07) is 4.98. The number of methoxy groups -OCH3 is 2. The number of halogens is 2. The molecule has 1 aliphatic rings. The number of pyridine rings is 1. The molecule has 1 fully saturated rings. The van der Waals surface area contributed by atoms with Crippen molar-refractivity contribution in [3.63, 3.8) is 0 Å². The van der Waals surface area contributed by atoms with E-state index in [9.17, 15) is 9.59 Å². The predicted octanol–water partition coefficient (Wildman–Crippen LogP) is 4.21. The molecule has 0 saturated carbocycles. The Morgan fingerprint density at radius 1 is 1.14 bits per heavy atom. The van der Waals surface area contributed by atoms with E-state index in [0.29, 0.717) is 40.8 Å². The first-order valence-electron chi connectivity index (χ1n) is 11.2. The first-order chi connectivity index (χ1) is 16.9. The Balaban J connectivity index is 1.69. The minimum absolute atomic E-state index is 0.0317. The van der Waals surface area contributed by atoms with Gasteiger partial charge in [0.2, 0.25) is 0 Å². The second-order valence-electron chi connectivity index (χ2n) is 8.13. The summed E-state index contributed by atoms with van der Waals surface area (Å²) in [4.78, 5) is 35.0. The summed E-state index contributed by atoms with van der Waals surface area (Å²) in [5.41, 5.74) is 1.34. The summed E-state index contributed by atoms with van der Waals surface area (Å²) in [6.45, 7) is 0.688. The van der Waals surface area contributed by atoms with Gasteiger partial charge in [0, 0.05) is 36.5 Å². The van der Waals surface area contributed by atoms with Crippen LogP contribution in [0.5, 0.6) is 0 Å². The number of nitrogens with zero attached hydrogens (tertiary/aromatic N) is 4. The summed E-state index contributed by atoms with van der Waals surface area (Å²) in [7, 11) is 2.73. The van der Waals surface area contributed by atoms with Crippen molar-refractivity contribution in [1.29, 1.82) is 0 Å². The number of carbonyl (C=O) groups is 2. The van der Waals surface area contributed by atoms with Crippen molar-refractivity contribution >= 4 is 51.9 Å². The highest BCUT2D eigenvalue weighted by molar-refractivity contribution is 6.45. The molecule has 11 heteroatoms. The number of ether oxygens (including phenoxy) is 3. The van der Waals surface area contributed by atoms with Gasteiger partial charge in [0.05, 0.1) is 54.8 Å². The van der Waals surface area contributed by atoms with Gasteiger partial charge < -0.3 is 23.7 Å². The lowest BCUT2D eigenvalue weighted by molar-refractivity contribution is -0.142. The SMILES string of the molecule is COC(=O)CCOCCC1CC[C@@H](C(=O)OC)N1c1cc(-n2ccnc2)c2ccc(Cl)c(Cl)c2n1. The molecule has 4 rings (SSSR count). The molecule has 1 saturated heterocycles. The van der Waals surface area contributed by atoms with Gasteiger partial charge in [-0.1, -0.05) is 23.2 Å². The van der Waals surface area contributed by atoms with Crippen LogP contribution in [0.2, 0.25) is 10.0 Å². The quantitative estimate of drug-likeness (QED) is 0.305. The van der Waals surface area contributed by atoms with Crippen LogP contribution in [0.15, 0.2) is 36.9 Å². The molecule has 0 N–H and O–H groups in total. The van der Waals surface area contributed by atoms with E-state index in [4.69, 9.17) is 37.7 Å². The van der Waals surface area contributed by atoms with Gasteiger partial charge in [0.1, 0.15) is 11.9 Å². The van der Waals surface area contributed by atoms with Crippen LogP contribution in [0, 0.1) is 0 Å². The fourth-order valence-corrected chi connectivity index (χ4v) is 4.77. The van der Waals surface area contributed by atoms with Crippen molar-refractivity contribution in [2.75, 3.05) is 32.3 Å². The van der Waals surface area contributed by atoms with Crippen molar-refractivity contribution in [3.05, 3.63) is 47.0 Å². The van der Waals surface area contributed by atoms with E-state index >= 15 is 0 Å². The topological polar surface area (TPSA) is 95.8 Å². The van der Waals surface area contributed by atoms with Crippen LogP contribution in [0.25, 0.3) is 16.6 Å². The molecule has 2 aromatic heterocycles. The number of aromatic nitrogens is 3. The fraction of sp³-hybridized carbons (Fsp3) is 0.417. The highest BCUT2D eigenvalue weighted by Gasteiger charge is 2.39. The number of anilines is 1. The maximum Gasteiger partial charge on any atom is 0.328 e. The maximum atomic E-state index is 12.7. The molecule has 3 heterocycles. The van der Waals surface area contributed by atoms with Crippen molar-refractivity contribution in [3.8, 4) is 5.69 Å². The number of fused-ring (bicyclic) bond motifs is 1. The lowest BCUT2D eigenvalue weighted by Gasteiger charge is -2.31. The molecule has 0 amide bonds. The molecule has 0 bridgehead atoms. The number of benzene rings is 1. The van der Waals surface area contributed by atoms with E-state index in [1.54, 1.807) is 18.6 Å². The van der Waals surface area contributed by atoms with Crippen molar-refractivity contribution in [1.82, 2.24) is 14.5 Å². The third-order valence-corrected chi connectivity index (χ3v) is 6.93. The summed E-state index contributed by atoms with van der Waals surface area (Å²) in [6.07, 6.45) is 7.40. The second kappa shape index (κ2) is 11.2. The van der Waals surface area contributed by atoms with E-state index in [1.807, 2.05) is 27.8 Å². The van der Waals surface area contributed by atoms with Crippen LogP contribution in [0.4, 0.5) is 5.82 Å². The minimum atomic E-state index is -0.501. The van der Waals surface area contributed by atoms with Gasteiger partial charge in [-0.15, -0.1) is 0 Å². The normalized spacial score (nSPS) is 17.7. The Morgan fingerprint density at radius 2 is 1.97 bits per heavy atom. The van der Waals surface area contributed by atoms with Crippen LogP contribution in [0.3, 0.4) is 0 Å². The van der Waals surface area contributed by atoms with Gasteiger partial charge in [-0.25, -0.2) is 14.8 Å². The average molecular weight is 521 g/mol. The smallest absolute Gasteiger partial charge is 0.328 e. The lowest BCUT2D eigenvalue weighted by atomic mass is 10.1. The maximum absolute atomic E-state index is 12.7. The molecule has 1 unspecified atom stereocenters. The third kappa shape index (κ3) is 5.37. The molecule has 1 aliphatic heterocycles. The van der Waals surface area contributed by atoms with E-state index in [-0.39, 0.29) is 31.0 Å². The van der Waals surface area contributed by atoms with Crippen molar-refractivity contribution in [2.45, 2.75) is 37.8 Å². The molecule has 2 atom stereocenters. The summed E-state index contributed by atoms with van der Waals surface area (Å²) in [5.74, 6) is -0.0682. The zero-order valence-electron chi connectivity index (χ0n) is 19.4. The van der Waals surface area contributed by atoms with Crippen LogP contribution in [0.1, 0.15) is 25.7 Å². The first-order valence-corrected chi connectivity index (χ1v) is 12.0. The van der Waals surface area contributed by atoms with Crippen molar-refractivity contribution in [2.24, 2.45) is 0 Å². The lowest BCUT2D eigenvalue weighted by Crippen LogP contribution is -2.42. The number of hydrogen-bond acceptors (Lipinski definition) is 8. The Morgan fingerprint density at radius 3 is 2.69 bits per heavy atom. The van der Waals surface area contributed by atoms with Crippen LogP contribution in [-0.2, 0) is 23.8 Å². The summed E-state index contributed by atoms with van der Waals surface area (Å²) in [5, 5.41) is 1.53. The number of hydrogen-bond donors (Lipinski definition) is 0. The average Bonchev–Trinajstić information content (AvgIpc) is 3.55. The Kier molecular flexibility index (Phi) is 8.10. The number of imidazole rings is 1. The number of esters is 2. The predicted molar refractivity (Wildman–Crippen MR) is 132 cm³/mol. The Hall–Kier alpha value is -2.88. The van der Waals surface area contributed by atoms with Gasteiger partial charge >= 0.3 is 11.9 Å². The van der Waals surface area contributed by atoms with Crippen LogP contribution in [-0.4, -0.2) is 66.0 Å². The van der Waals surface area contributed by atoms with Gasteiger partial charge in [-0.3, -0.25) is 4.79 Å². The number of carbonyl (C=O) groups excluding carboxylic acids is 2. The molecule has 186 valence electrons. The molecule has 3 aromatic rings. The van der Waals surface area contributed by atoms with Gasteiger partial charge in [0.15, 0.2) is 0 Å². The minimum Gasteiger partial charge on any atom is -0.469 e. The first kappa shape index (κ1) is 25.2. The van der Waals surface area contributed by atoms with E-state index in [0.717, 1.165) is 17.5 Å². The Labute approximate surface area is 212 Å². The zero-order chi connectivity index (χ0) is 24.9. The molecular formula is C24H26Cl2N4O5. The summed E-state index contributed by atoms with van der Waals surface area (Å²) < 4.78 is 17.2. The molecular weight excluding hydrogens is 495 g/mol. The highest BCUT2D eigenvalue weighted by Crippen LogP contribution is 2.38. The fourth-order valence-electron chi connectivity index (χ4n) is 4.41. The van der Waals surface area contributed by atoms with Crippen molar-refractivity contribution < 1.29 is 23.8 Å². The summed E-state index contributed by atoms with van der Waals surface area (Å²) >= 11 is 12.9. The zero-order valence-corrected chi connectivity index (χ0v) is 21.0. The van der Waals surface area contributed by atoms with E-state index in [2.05, 4.69) is 9.72 Å². The molecule has 0 spiro atoms. The third-order valence-electron chi connectivity index (χ3n) is 6.13. The monoisotopic (exact) mass is 520 g/mol. The van der Waals surface area contributed by atoms with Gasteiger partial charge in [-0.2, -0.15) is 0 Å². The molecule has 1 aromatic carbocycles. The number of rotatable bonds is 9. The van der Waals surface area contributed by atoms with Gasteiger partial charge in [-0.05, 0) is 31.4 Å². The second-order valence-corrected chi connectivity index (χ2v) is 8.92. The molecule has 0 radical (unpaired) electrons.